The van der Waals surface area contributed by atoms with E-state index in [0.29, 0.717) is 18.6 Å². The number of nitrogens with one attached hydrogen (secondary N) is 2. The molecule has 0 spiro atoms. The Morgan fingerprint density at radius 2 is 1.93 bits per heavy atom. The van der Waals surface area contributed by atoms with Crippen LogP contribution in [0.1, 0.15) is 32.1 Å². The zero-order valence-electron chi connectivity index (χ0n) is 16.8. The second-order valence-electron chi connectivity index (χ2n) is 6.87. The van der Waals surface area contributed by atoms with Gasteiger partial charge in [-0.15, -0.1) is 24.0 Å². The fraction of sp³-hybridized carbons (Fsp3) is 0.650. The Morgan fingerprint density at radius 1 is 1.15 bits per heavy atom. The van der Waals surface area contributed by atoms with E-state index >= 15 is 0 Å². The molecule has 0 radical (unpaired) electrons. The van der Waals surface area contributed by atoms with Gasteiger partial charge in [-0.2, -0.15) is 0 Å². The third-order valence-electron chi connectivity index (χ3n) is 4.96. The minimum atomic E-state index is 0. The van der Waals surface area contributed by atoms with Gasteiger partial charge in [0, 0.05) is 59.2 Å². The number of halogens is 1. The van der Waals surface area contributed by atoms with Crippen LogP contribution < -0.4 is 15.4 Å². The Hall–Kier alpha value is -1.06. The quantitative estimate of drug-likeness (QED) is 0.213. The van der Waals surface area contributed by atoms with Crippen LogP contribution in [0.5, 0.6) is 5.75 Å². The van der Waals surface area contributed by atoms with Gasteiger partial charge in [0.1, 0.15) is 5.75 Å². The fourth-order valence-electron chi connectivity index (χ4n) is 3.15. The summed E-state index contributed by atoms with van der Waals surface area (Å²) in [5.74, 6) is 1.63. The summed E-state index contributed by atoms with van der Waals surface area (Å²) >= 11 is 0. The number of ether oxygens (including phenoxy) is 3. The summed E-state index contributed by atoms with van der Waals surface area (Å²) in [6.45, 7) is 3.09. The van der Waals surface area contributed by atoms with Crippen LogP contribution >= 0.6 is 24.0 Å². The number of guanidine groups is 1. The molecular weight excluding hydrogens is 457 g/mol. The highest BCUT2D eigenvalue weighted by Crippen LogP contribution is 2.43. The van der Waals surface area contributed by atoms with E-state index in [0.717, 1.165) is 43.4 Å². The number of benzene rings is 1. The lowest BCUT2D eigenvalue weighted by atomic mass is 9.67. The van der Waals surface area contributed by atoms with E-state index < -0.39 is 0 Å². The molecule has 1 fully saturated rings. The minimum Gasteiger partial charge on any atom is -0.493 e. The standard InChI is InChI=1S/C20H33N3O3.HI/c1-21-19(22-16-20(9-5-10-20)11-14-25-3)23-17-7-4-8-18(15-17)26-13-6-12-24-2;/h4,7-8,15H,5-6,9-14,16H2,1-3H3,(H2,21,22,23);1H. The molecule has 2 rings (SSSR count). The molecular formula is C20H34IN3O3. The summed E-state index contributed by atoms with van der Waals surface area (Å²) in [7, 11) is 5.26. The minimum absolute atomic E-state index is 0. The van der Waals surface area contributed by atoms with Crippen molar-refractivity contribution in [3.63, 3.8) is 0 Å². The molecule has 27 heavy (non-hydrogen) atoms. The maximum Gasteiger partial charge on any atom is 0.195 e. The molecule has 7 heteroatoms. The molecule has 6 nitrogen and oxygen atoms in total. The number of anilines is 1. The number of aliphatic imine (C=N–C) groups is 1. The molecule has 0 amide bonds. The maximum atomic E-state index is 5.75. The van der Waals surface area contributed by atoms with E-state index in [1.54, 1.807) is 21.3 Å². The molecule has 0 bridgehead atoms. The molecule has 0 atom stereocenters. The third kappa shape index (κ3) is 8.23. The summed E-state index contributed by atoms with van der Waals surface area (Å²) < 4.78 is 16.1. The number of methoxy groups -OCH3 is 2. The smallest absolute Gasteiger partial charge is 0.195 e. The number of rotatable bonds is 11. The molecule has 1 aliphatic rings. The average Bonchev–Trinajstić information content (AvgIpc) is 2.63. The molecule has 1 saturated carbocycles. The fourth-order valence-corrected chi connectivity index (χ4v) is 3.15. The predicted octanol–water partition coefficient (Wildman–Crippen LogP) is 3.91. The molecule has 0 saturated heterocycles. The van der Waals surface area contributed by atoms with Crippen LogP contribution in [0.4, 0.5) is 5.69 Å². The molecule has 2 N–H and O–H groups in total. The van der Waals surface area contributed by atoms with Crippen molar-refractivity contribution >= 4 is 35.6 Å². The topological polar surface area (TPSA) is 64.1 Å². The monoisotopic (exact) mass is 491 g/mol. The summed E-state index contributed by atoms with van der Waals surface area (Å²) in [6.07, 6.45) is 5.79. The Kier molecular flexibility index (Phi) is 11.7. The second-order valence-corrected chi connectivity index (χ2v) is 6.87. The van der Waals surface area contributed by atoms with Gasteiger partial charge in [-0.3, -0.25) is 4.99 Å². The van der Waals surface area contributed by atoms with E-state index in [2.05, 4.69) is 15.6 Å². The lowest BCUT2D eigenvalue weighted by molar-refractivity contribution is 0.0735. The molecule has 0 aromatic heterocycles. The van der Waals surface area contributed by atoms with Crippen molar-refractivity contribution in [1.29, 1.82) is 0 Å². The summed E-state index contributed by atoms with van der Waals surface area (Å²) in [5.41, 5.74) is 1.31. The van der Waals surface area contributed by atoms with Gasteiger partial charge in [-0.1, -0.05) is 12.5 Å². The largest absolute Gasteiger partial charge is 0.493 e. The van der Waals surface area contributed by atoms with Gasteiger partial charge < -0.3 is 24.8 Å². The van der Waals surface area contributed by atoms with E-state index in [9.17, 15) is 0 Å². The van der Waals surface area contributed by atoms with Crippen molar-refractivity contribution < 1.29 is 14.2 Å². The van der Waals surface area contributed by atoms with Crippen LogP contribution in [-0.4, -0.2) is 53.6 Å². The van der Waals surface area contributed by atoms with Gasteiger partial charge in [-0.25, -0.2) is 0 Å². The maximum absolute atomic E-state index is 5.75. The highest BCUT2D eigenvalue weighted by molar-refractivity contribution is 14.0. The first-order valence-corrected chi connectivity index (χ1v) is 9.40. The van der Waals surface area contributed by atoms with Crippen molar-refractivity contribution in [2.75, 3.05) is 52.9 Å². The zero-order valence-corrected chi connectivity index (χ0v) is 19.1. The van der Waals surface area contributed by atoms with E-state index in [1.807, 2.05) is 24.3 Å². The highest BCUT2D eigenvalue weighted by atomic mass is 127. The Morgan fingerprint density at radius 3 is 2.56 bits per heavy atom. The zero-order chi connectivity index (χ0) is 18.7. The van der Waals surface area contributed by atoms with Crippen LogP contribution in [0.25, 0.3) is 0 Å². The van der Waals surface area contributed by atoms with Crippen LogP contribution in [0.15, 0.2) is 29.3 Å². The first-order chi connectivity index (χ1) is 12.7. The van der Waals surface area contributed by atoms with Crippen LogP contribution in [0, 0.1) is 5.41 Å². The highest BCUT2D eigenvalue weighted by Gasteiger charge is 2.36. The predicted molar refractivity (Wildman–Crippen MR) is 122 cm³/mol. The van der Waals surface area contributed by atoms with Crippen LogP contribution in [0.2, 0.25) is 0 Å². The van der Waals surface area contributed by atoms with Gasteiger partial charge >= 0.3 is 0 Å². The summed E-state index contributed by atoms with van der Waals surface area (Å²) in [4.78, 5) is 4.35. The molecule has 1 aromatic carbocycles. The van der Waals surface area contributed by atoms with E-state index in [-0.39, 0.29) is 24.0 Å². The van der Waals surface area contributed by atoms with E-state index in [1.165, 1.54) is 19.3 Å². The van der Waals surface area contributed by atoms with Crippen molar-refractivity contribution in [2.45, 2.75) is 32.1 Å². The van der Waals surface area contributed by atoms with Crippen LogP contribution in [0.3, 0.4) is 0 Å². The Balaban J connectivity index is 0.00000364. The normalized spacial score (nSPS) is 15.4. The van der Waals surface area contributed by atoms with Crippen molar-refractivity contribution in [2.24, 2.45) is 10.4 Å². The summed E-state index contributed by atoms with van der Waals surface area (Å²) in [6, 6.07) is 7.94. The number of nitrogens with zero attached hydrogens (tertiary/aromatic N) is 1. The second kappa shape index (κ2) is 13.2. The average molecular weight is 491 g/mol. The van der Waals surface area contributed by atoms with Crippen molar-refractivity contribution in [3.8, 4) is 5.75 Å². The first-order valence-electron chi connectivity index (χ1n) is 9.40. The van der Waals surface area contributed by atoms with Crippen molar-refractivity contribution in [1.82, 2.24) is 5.32 Å². The van der Waals surface area contributed by atoms with Gasteiger partial charge in [0.05, 0.1) is 6.61 Å². The lowest BCUT2D eigenvalue weighted by Crippen LogP contribution is -2.44. The van der Waals surface area contributed by atoms with E-state index in [4.69, 9.17) is 14.2 Å². The summed E-state index contributed by atoms with van der Waals surface area (Å²) in [5, 5.41) is 6.83. The number of hydrogen-bond donors (Lipinski definition) is 2. The van der Waals surface area contributed by atoms with Gasteiger partial charge in [0.15, 0.2) is 5.96 Å². The third-order valence-corrected chi connectivity index (χ3v) is 4.96. The SMILES string of the molecule is CN=C(NCC1(CCOC)CCC1)Nc1cccc(OCCCOC)c1.I. The Bertz CT molecular complexity index is 565. The molecule has 1 aliphatic carbocycles. The van der Waals surface area contributed by atoms with Gasteiger partial charge in [0.2, 0.25) is 0 Å². The first kappa shape index (κ1) is 24.0. The number of hydrogen-bond acceptors (Lipinski definition) is 4. The molecule has 0 unspecified atom stereocenters. The van der Waals surface area contributed by atoms with Crippen molar-refractivity contribution in [3.05, 3.63) is 24.3 Å². The Labute approximate surface area is 180 Å². The molecule has 0 heterocycles. The molecule has 154 valence electrons. The van der Waals surface area contributed by atoms with Crippen LogP contribution in [-0.2, 0) is 9.47 Å². The van der Waals surface area contributed by atoms with Gasteiger partial charge in [-0.05, 0) is 36.8 Å². The lowest BCUT2D eigenvalue weighted by Gasteiger charge is -2.42. The molecule has 0 aliphatic heterocycles. The van der Waals surface area contributed by atoms with Gasteiger partial charge in [0.25, 0.3) is 0 Å². The molecule has 1 aromatic rings.